The number of amides is 3. The molecule has 260 valence electrons. The Hall–Kier alpha value is -4.09. The van der Waals surface area contributed by atoms with Gasteiger partial charge in [-0.3, -0.25) is 9.59 Å². The summed E-state index contributed by atoms with van der Waals surface area (Å²) in [5, 5.41) is 3.31. The van der Waals surface area contributed by atoms with Gasteiger partial charge in [0, 0.05) is 44.8 Å². The summed E-state index contributed by atoms with van der Waals surface area (Å²) >= 11 is 0. The fraction of sp³-hybridized carbons (Fsp3) is 0.639. The summed E-state index contributed by atoms with van der Waals surface area (Å²) in [6, 6.07) is 5.58. The maximum absolute atomic E-state index is 13.6. The van der Waals surface area contributed by atoms with Crippen molar-refractivity contribution in [2.24, 2.45) is 5.41 Å². The van der Waals surface area contributed by atoms with E-state index in [-0.39, 0.29) is 41.4 Å². The third-order valence-electron chi connectivity index (χ3n) is 10.8. The highest BCUT2D eigenvalue weighted by molar-refractivity contribution is 6.04. The first-order valence-corrected chi connectivity index (χ1v) is 17.5. The molecule has 1 spiro atoms. The molecule has 12 nitrogen and oxygen atoms in total. The smallest absolute Gasteiger partial charge is 0.410 e. The number of likely N-dealkylation sites (N-methyl/N-ethyl adjacent to an activating group) is 1. The summed E-state index contributed by atoms with van der Waals surface area (Å²) in [5.74, 6) is 1.72. The zero-order valence-corrected chi connectivity index (χ0v) is 29.5. The fourth-order valence-electron chi connectivity index (χ4n) is 7.97. The number of nitrogens with one attached hydrogen (secondary N) is 1. The standard InChI is InChI=1S/C36H51N7O5/c1-8-27-32(45)41(6)28-22-37-33(39-30(28)43(27)24-11-9-10-12-24)38-26-14-13-23(19-29(26)47-7)31(44)40(5)25-20-36(21-25)15-17-42(18-16-36)34(46)48-35(2,3)4/h13-14,19,22,24-25,27H,8-12,15-18,20-21H2,1-7H3,(H,37,38,39)/t27-/m1/s1. The lowest BCUT2D eigenvalue weighted by Crippen LogP contribution is -2.56. The van der Waals surface area contributed by atoms with E-state index in [1.54, 1.807) is 37.4 Å². The molecule has 48 heavy (non-hydrogen) atoms. The van der Waals surface area contributed by atoms with E-state index in [0.717, 1.165) is 57.2 Å². The third kappa shape index (κ3) is 6.50. The van der Waals surface area contributed by atoms with Crippen LogP contribution in [0.1, 0.15) is 95.8 Å². The van der Waals surface area contributed by atoms with Crippen molar-refractivity contribution in [1.29, 1.82) is 0 Å². The van der Waals surface area contributed by atoms with Crippen LogP contribution in [0, 0.1) is 5.41 Å². The molecule has 1 aromatic heterocycles. The van der Waals surface area contributed by atoms with Gasteiger partial charge in [-0.25, -0.2) is 9.78 Å². The van der Waals surface area contributed by atoms with Gasteiger partial charge in [0.2, 0.25) is 11.9 Å². The Kier molecular flexibility index (Phi) is 9.21. The van der Waals surface area contributed by atoms with E-state index < -0.39 is 5.60 Å². The van der Waals surface area contributed by atoms with E-state index in [1.165, 1.54) is 0 Å². The fourth-order valence-corrected chi connectivity index (χ4v) is 7.97. The van der Waals surface area contributed by atoms with E-state index in [0.29, 0.717) is 48.1 Å². The molecule has 0 unspecified atom stereocenters. The first-order valence-electron chi connectivity index (χ1n) is 17.5. The summed E-state index contributed by atoms with van der Waals surface area (Å²) in [5.41, 5.74) is 1.58. The molecule has 2 aliphatic carbocycles. The highest BCUT2D eigenvalue weighted by Gasteiger charge is 2.49. The average molecular weight is 662 g/mol. The number of carbonyl (C=O) groups is 3. The molecule has 3 fully saturated rings. The largest absolute Gasteiger partial charge is 0.495 e. The van der Waals surface area contributed by atoms with Crippen LogP contribution in [-0.4, -0.2) is 95.7 Å². The summed E-state index contributed by atoms with van der Waals surface area (Å²) < 4.78 is 11.3. The molecule has 0 radical (unpaired) electrons. The minimum absolute atomic E-state index is 0.0542. The Morgan fingerprint density at radius 3 is 2.44 bits per heavy atom. The van der Waals surface area contributed by atoms with Crippen molar-refractivity contribution in [3.05, 3.63) is 30.0 Å². The van der Waals surface area contributed by atoms with E-state index >= 15 is 0 Å². The number of likely N-dealkylation sites (tertiary alicyclic amines) is 1. The summed E-state index contributed by atoms with van der Waals surface area (Å²) in [6.07, 6.45) is 10.3. The van der Waals surface area contributed by atoms with Gasteiger partial charge in [0.25, 0.3) is 5.91 Å². The van der Waals surface area contributed by atoms with Gasteiger partial charge in [-0.1, -0.05) is 19.8 Å². The highest BCUT2D eigenvalue weighted by Crippen LogP contribution is 2.51. The van der Waals surface area contributed by atoms with Crippen LogP contribution in [0.2, 0.25) is 0 Å². The number of fused-ring (bicyclic) bond motifs is 1. The quantitative estimate of drug-likeness (QED) is 0.382. The van der Waals surface area contributed by atoms with Crippen LogP contribution in [0.4, 0.5) is 27.9 Å². The first kappa shape index (κ1) is 33.8. The Morgan fingerprint density at radius 1 is 1.12 bits per heavy atom. The Morgan fingerprint density at radius 2 is 1.81 bits per heavy atom. The van der Waals surface area contributed by atoms with Gasteiger partial charge in [0.05, 0.1) is 19.0 Å². The second-order valence-corrected chi connectivity index (χ2v) is 15.1. The molecule has 2 aromatic rings. The molecule has 1 atom stereocenters. The maximum atomic E-state index is 13.6. The van der Waals surface area contributed by atoms with Gasteiger partial charge >= 0.3 is 6.09 Å². The molecule has 2 aliphatic heterocycles. The molecule has 1 saturated heterocycles. The first-order chi connectivity index (χ1) is 22.8. The third-order valence-corrected chi connectivity index (χ3v) is 10.8. The number of methoxy groups -OCH3 is 1. The van der Waals surface area contributed by atoms with Crippen LogP contribution in [0.3, 0.4) is 0 Å². The molecule has 1 aromatic carbocycles. The zero-order chi connectivity index (χ0) is 34.4. The number of carbonyl (C=O) groups excluding carboxylic acids is 3. The minimum atomic E-state index is -0.502. The lowest BCUT2D eigenvalue weighted by atomic mass is 9.60. The molecule has 6 rings (SSSR count). The second kappa shape index (κ2) is 13.1. The van der Waals surface area contributed by atoms with Gasteiger partial charge in [-0.15, -0.1) is 0 Å². The number of benzene rings is 1. The molecule has 2 saturated carbocycles. The maximum Gasteiger partial charge on any atom is 0.410 e. The molecule has 3 amide bonds. The zero-order valence-electron chi connectivity index (χ0n) is 29.5. The van der Waals surface area contributed by atoms with Crippen molar-refractivity contribution in [1.82, 2.24) is 19.8 Å². The van der Waals surface area contributed by atoms with Crippen molar-refractivity contribution in [3.8, 4) is 5.75 Å². The number of nitrogens with zero attached hydrogens (tertiary/aromatic N) is 6. The van der Waals surface area contributed by atoms with E-state index in [2.05, 4.69) is 22.1 Å². The van der Waals surface area contributed by atoms with Crippen LogP contribution in [0.25, 0.3) is 0 Å². The van der Waals surface area contributed by atoms with Crippen molar-refractivity contribution < 1.29 is 23.9 Å². The molecular weight excluding hydrogens is 610 g/mol. The lowest BCUT2D eigenvalue weighted by Gasteiger charge is -2.54. The number of hydrogen-bond acceptors (Lipinski definition) is 9. The minimum Gasteiger partial charge on any atom is -0.495 e. The number of ether oxygens (including phenoxy) is 2. The summed E-state index contributed by atoms with van der Waals surface area (Å²) in [7, 11) is 5.25. The molecular formula is C36H51N7O5. The van der Waals surface area contributed by atoms with Crippen molar-refractivity contribution >= 4 is 41.0 Å². The molecule has 1 N–H and O–H groups in total. The molecule has 0 bridgehead atoms. The van der Waals surface area contributed by atoms with E-state index in [9.17, 15) is 14.4 Å². The number of rotatable bonds is 7. The Bertz CT molecular complexity index is 1540. The monoisotopic (exact) mass is 661 g/mol. The SMILES string of the molecule is CC[C@@H]1C(=O)N(C)c2cnc(Nc3ccc(C(=O)N(C)C4CC5(CCN(C(=O)OC(C)(C)C)CC5)C4)cc3OC)nc2N1C1CCCC1. The molecule has 3 heterocycles. The van der Waals surface area contributed by atoms with Crippen LogP contribution >= 0.6 is 0 Å². The second-order valence-electron chi connectivity index (χ2n) is 15.1. The van der Waals surface area contributed by atoms with Gasteiger partial charge in [-0.2, -0.15) is 4.98 Å². The Labute approximate surface area is 284 Å². The average Bonchev–Trinajstić information content (AvgIpc) is 3.58. The van der Waals surface area contributed by atoms with Crippen LogP contribution < -0.4 is 19.9 Å². The lowest BCUT2D eigenvalue weighted by molar-refractivity contribution is -0.120. The number of piperidine rings is 1. The van der Waals surface area contributed by atoms with Gasteiger partial charge in [0.1, 0.15) is 23.1 Å². The van der Waals surface area contributed by atoms with Crippen LogP contribution in [-0.2, 0) is 9.53 Å². The predicted molar refractivity (Wildman–Crippen MR) is 185 cm³/mol. The molecule has 4 aliphatic rings. The van der Waals surface area contributed by atoms with Gasteiger partial charge in [-0.05, 0) is 89.3 Å². The normalized spacial score (nSPS) is 21.2. The number of anilines is 4. The Balaban J connectivity index is 1.11. The van der Waals surface area contributed by atoms with Crippen molar-refractivity contribution in [2.45, 2.75) is 109 Å². The van der Waals surface area contributed by atoms with Crippen LogP contribution in [0.5, 0.6) is 5.75 Å². The number of aromatic nitrogens is 2. The summed E-state index contributed by atoms with van der Waals surface area (Å²) in [4.78, 5) is 56.4. The van der Waals surface area contributed by atoms with Crippen molar-refractivity contribution in [2.75, 3.05) is 49.4 Å². The predicted octanol–water partition coefficient (Wildman–Crippen LogP) is 5.98. The summed E-state index contributed by atoms with van der Waals surface area (Å²) in [6.45, 7) is 9.08. The topological polar surface area (TPSA) is 120 Å². The van der Waals surface area contributed by atoms with Gasteiger partial charge in [0.15, 0.2) is 5.82 Å². The number of hydrogen-bond donors (Lipinski definition) is 1. The van der Waals surface area contributed by atoms with E-state index in [1.807, 2.05) is 43.7 Å². The van der Waals surface area contributed by atoms with Crippen LogP contribution in [0.15, 0.2) is 24.4 Å². The highest BCUT2D eigenvalue weighted by atomic mass is 16.6. The van der Waals surface area contributed by atoms with E-state index in [4.69, 9.17) is 14.5 Å². The van der Waals surface area contributed by atoms with Crippen molar-refractivity contribution in [3.63, 3.8) is 0 Å². The molecule has 12 heteroatoms. The van der Waals surface area contributed by atoms with Gasteiger partial charge < -0.3 is 34.4 Å².